The Morgan fingerprint density at radius 3 is 2.33 bits per heavy atom. The summed E-state index contributed by atoms with van der Waals surface area (Å²) in [5.41, 5.74) is 2.08. The van der Waals surface area contributed by atoms with E-state index in [2.05, 4.69) is 19.2 Å². The second-order valence-electron chi connectivity index (χ2n) is 8.86. The molecule has 5 rings (SSSR count). The number of hydrogen-bond acceptors (Lipinski definition) is 1. The third-order valence-corrected chi connectivity index (χ3v) is 6.24. The third-order valence-electron chi connectivity index (χ3n) is 6.24. The monoisotopic (exact) mass is 287 g/mol. The molecule has 4 bridgehead atoms. The first-order valence-electron chi connectivity index (χ1n) is 8.38. The fourth-order valence-electron chi connectivity index (χ4n) is 6.57. The van der Waals surface area contributed by atoms with Gasteiger partial charge in [0.15, 0.2) is 0 Å². The van der Waals surface area contributed by atoms with Crippen LogP contribution < -0.4 is 5.32 Å². The molecule has 2 unspecified atom stereocenters. The van der Waals surface area contributed by atoms with Crippen molar-refractivity contribution < 1.29 is 4.39 Å². The quantitative estimate of drug-likeness (QED) is 0.852. The maximum Gasteiger partial charge on any atom is 0.127 e. The van der Waals surface area contributed by atoms with Crippen molar-refractivity contribution in [1.29, 1.82) is 0 Å². The summed E-state index contributed by atoms with van der Waals surface area (Å²) >= 11 is 0. The number of hydrogen-bond donors (Lipinski definition) is 1. The lowest BCUT2D eigenvalue weighted by Crippen LogP contribution is -2.63. The molecule has 2 atom stereocenters. The maximum absolute atomic E-state index is 13.9. The number of nitrogens with one attached hydrogen (secondary N) is 1. The van der Waals surface area contributed by atoms with Crippen LogP contribution >= 0.6 is 0 Å². The van der Waals surface area contributed by atoms with Gasteiger partial charge in [-0.25, -0.2) is 4.39 Å². The summed E-state index contributed by atoms with van der Waals surface area (Å²) in [6.07, 6.45) is 8.06. The van der Waals surface area contributed by atoms with Crippen LogP contribution in [0.4, 0.5) is 4.39 Å². The molecule has 4 fully saturated rings. The second kappa shape index (κ2) is 4.32. The van der Waals surface area contributed by atoms with Crippen LogP contribution in [0.15, 0.2) is 24.3 Å². The summed E-state index contributed by atoms with van der Waals surface area (Å²) in [6.45, 7) is 5.63. The van der Waals surface area contributed by atoms with Crippen LogP contribution in [0.1, 0.15) is 57.9 Å². The maximum atomic E-state index is 13.9. The Morgan fingerprint density at radius 1 is 1.05 bits per heavy atom. The van der Waals surface area contributed by atoms with E-state index in [1.54, 1.807) is 12.1 Å². The van der Waals surface area contributed by atoms with Crippen LogP contribution in [0.5, 0.6) is 0 Å². The zero-order valence-corrected chi connectivity index (χ0v) is 13.2. The highest BCUT2D eigenvalue weighted by atomic mass is 19.1. The summed E-state index contributed by atoms with van der Waals surface area (Å²) in [6, 6.07) is 7.18. The lowest BCUT2D eigenvalue weighted by Gasteiger charge is -2.65. The van der Waals surface area contributed by atoms with Crippen LogP contribution in [0.25, 0.3) is 0 Å². The zero-order chi connectivity index (χ0) is 14.7. The van der Waals surface area contributed by atoms with E-state index in [0.717, 1.165) is 11.5 Å². The van der Waals surface area contributed by atoms with Crippen LogP contribution in [-0.4, -0.2) is 5.54 Å². The first kappa shape index (κ1) is 13.8. The van der Waals surface area contributed by atoms with Gasteiger partial charge in [0.25, 0.3) is 0 Å². The van der Waals surface area contributed by atoms with Gasteiger partial charge in [-0.3, -0.25) is 0 Å². The lowest BCUT2D eigenvalue weighted by molar-refractivity contribution is -0.118. The van der Waals surface area contributed by atoms with E-state index in [9.17, 15) is 4.39 Å². The van der Waals surface area contributed by atoms with Crippen molar-refractivity contribution in [2.75, 3.05) is 0 Å². The molecule has 0 aliphatic heterocycles. The summed E-state index contributed by atoms with van der Waals surface area (Å²) < 4.78 is 13.9. The molecule has 0 spiro atoms. The molecule has 4 aliphatic rings. The van der Waals surface area contributed by atoms with Gasteiger partial charge in [0.2, 0.25) is 0 Å². The molecule has 2 heteroatoms. The van der Waals surface area contributed by atoms with E-state index in [1.165, 1.54) is 38.5 Å². The SMILES string of the molecule is CC12CC3CC(C)(C1)CC(NCc1ccccc1F)(C3)C2. The molecule has 1 N–H and O–H groups in total. The topological polar surface area (TPSA) is 12.0 Å². The Morgan fingerprint density at radius 2 is 1.71 bits per heavy atom. The predicted octanol–water partition coefficient (Wildman–Crippen LogP) is 4.66. The molecule has 1 aromatic rings. The molecule has 1 aromatic carbocycles. The molecule has 4 saturated carbocycles. The van der Waals surface area contributed by atoms with E-state index in [0.29, 0.717) is 17.4 Å². The minimum Gasteiger partial charge on any atom is -0.307 e. The van der Waals surface area contributed by atoms with Gasteiger partial charge in [0.1, 0.15) is 5.82 Å². The molecular weight excluding hydrogens is 261 g/mol. The van der Waals surface area contributed by atoms with Gasteiger partial charge in [-0.1, -0.05) is 32.0 Å². The first-order chi connectivity index (χ1) is 9.90. The fourth-order valence-corrected chi connectivity index (χ4v) is 6.57. The molecule has 1 nitrogen and oxygen atoms in total. The Bertz CT molecular complexity index is 548. The van der Waals surface area contributed by atoms with Gasteiger partial charge in [-0.05, 0) is 61.3 Å². The Balaban J connectivity index is 1.56. The van der Waals surface area contributed by atoms with Crippen molar-refractivity contribution in [3.05, 3.63) is 35.6 Å². The minimum absolute atomic E-state index is 0.0767. The molecule has 0 amide bonds. The summed E-state index contributed by atoms with van der Waals surface area (Å²) in [7, 11) is 0. The number of halogens is 1. The van der Waals surface area contributed by atoms with Crippen LogP contribution in [0.3, 0.4) is 0 Å². The Labute approximate surface area is 127 Å². The smallest absolute Gasteiger partial charge is 0.127 e. The fraction of sp³-hybridized carbons (Fsp3) is 0.684. The largest absolute Gasteiger partial charge is 0.307 e. The Hall–Kier alpha value is -0.890. The number of rotatable bonds is 3. The van der Waals surface area contributed by atoms with Crippen molar-refractivity contribution in [2.45, 2.75) is 64.5 Å². The van der Waals surface area contributed by atoms with Gasteiger partial charge in [-0.15, -0.1) is 0 Å². The third kappa shape index (κ3) is 2.32. The van der Waals surface area contributed by atoms with Gasteiger partial charge < -0.3 is 5.32 Å². The number of benzene rings is 1. The average molecular weight is 287 g/mol. The van der Waals surface area contributed by atoms with E-state index in [1.807, 2.05) is 12.1 Å². The molecule has 0 radical (unpaired) electrons. The molecule has 0 saturated heterocycles. The van der Waals surface area contributed by atoms with Crippen molar-refractivity contribution >= 4 is 0 Å². The van der Waals surface area contributed by atoms with Gasteiger partial charge >= 0.3 is 0 Å². The molecule has 0 heterocycles. The van der Waals surface area contributed by atoms with Crippen molar-refractivity contribution in [1.82, 2.24) is 5.32 Å². The van der Waals surface area contributed by atoms with Gasteiger partial charge in [-0.2, -0.15) is 0 Å². The second-order valence-corrected chi connectivity index (χ2v) is 8.86. The Kier molecular flexibility index (Phi) is 2.83. The standard InChI is InChI=1S/C19H26FN/c1-17-7-14-8-18(2,11-17)13-19(9-14,12-17)21-10-15-5-3-4-6-16(15)20/h3-6,14,21H,7-13H2,1-2H3. The highest BCUT2D eigenvalue weighted by molar-refractivity contribution is 5.19. The molecule has 21 heavy (non-hydrogen) atoms. The van der Waals surface area contributed by atoms with E-state index >= 15 is 0 Å². The molecule has 0 aromatic heterocycles. The highest BCUT2D eigenvalue weighted by Crippen LogP contribution is 2.66. The van der Waals surface area contributed by atoms with E-state index in [4.69, 9.17) is 0 Å². The van der Waals surface area contributed by atoms with E-state index < -0.39 is 0 Å². The summed E-state index contributed by atoms with van der Waals surface area (Å²) in [4.78, 5) is 0. The van der Waals surface area contributed by atoms with E-state index in [-0.39, 0.29) is 11.4 Å². The first-order valence-corrected chi connectivity index (χ1v) is 8.38. The van der Waals surface area contributed by atoms with Crippen molar-refractivity contribution in [3.8, 4) is 0 Å². The molecule has 4 aliphatic carbocycles. The molecule has 114 valence electrons. The van der Waals surface area contributed by atoms with Crippen molar-refractivity contribution in [3.63, 3.8) is 0 Å². The molecular formula is C19H26FN. The summed E-state index contributed by atoms with van der Waals surface area (Å²) in [5, 5.41) is 3.79. The highest BCUT2D eigenvalue weighted by Gasteiger charge is 2.59. The van der Waals surface area contributed by atoms with Gasteiger partial charge in [0, 0.05) is 17.6 Å². The minimum atomic E-state index is -0.0767. The zero-order valence-electron chi connectivity index (χ0n) is 13.2. The van der Waals surface area contributed by atoms with Gasteiger partial charge in [0.05, 0.1) is 0 Å². The lowest BCUT2D eigenvalue weighted by atomic mass is 9.43. The van der Waals surface area contributed by atoms with Crippen LogP contribution in [0, 0.1) is 22.6 Å². The predicted molar refractivity (Wildman–Crippen MR) is 83.4 cm³/mol. The van der Waals surface area contributed by atoms with Crippen LogP contribution in [-0.2, 0) is 6.54 Å². The van der Waals surface area contributed by atoms with Crippen molar-refractivity contribution in [2.24, 2.45) is 16.7 Å². The van der Waals surface area contributed by atoms with Crippen LogP contribution in [0.2, 0.25) is 0 Å². The normalized spacial score (nSPS) is 44.2. The summed E-state index contributed by atoms with van der Waals surface area (Å²) in [5.74, 6) is 0.802. The average Bonchev–Trinajstić information content (AvgIpc) is 2.33.